The average Bonchev–Trinajstić information content (AvgIpc) is 2.34. The molecule has 0 saturated heterocycles. The molecule has 3 N–H and O–H groups in total. The van der Waals surface area contributed by atoms with E-state index in [2.05, 4.69) is 0 Å². The summed E-state index contributed by atoms with van der Waals surface area (Å²) in [5.74, 6) is 0. The first-order chi connectivity index (χ1) is 8.58. The Hall–Kier alpha value is -1.22. The smallest absolute Gasteiger partial charge is 0.0832 e. The number of hydrogen-bond donors (Lipinski definition) is 2. The van der Waals surface area contributed by atoms with Crippen LogP contribution in [0.15, 0.2) is 42.5 Å². The maximum atomic E-state index is 10.2. The quantitative estimate of drug-likeness (QED) is 0.840. The van der Waals surface area contributed by atoms with Gasteiger partial charge in [-0.15, -0.1) is 0 Å². The van der Waals surface area contributed by atoms with E-state index in [-0.39, 0.29) is 0 Å². The summed E-state index contributed by atoms with van der Waals surface area (Å²) in [5, 5.41) is 11.3. The minimum atomic E-state index is -0.675. The Morgan fingerprint density at radius 2 is 1.67 bits per heavy atom. The zero-order valence-electron chi connectivity index (χ0n) is 9.61. The lowest BCUT2D eigenvalue weighted by atomic mass is 10.0. The molecular weight excluding hydrogens is 269 g/mol. The number of aliphatic hydroxyl groups is 1. The minimum Gasteiger partial charge on any atom is -0.399 e. The van der Waals surface area contributed by atoms with Crippen LogP contribution in [-0.4, -0.2) is 5.11 Å². The number of halogens is 2. The fraction of sp³-hybridized carbons (Fsp3) is 0.143. The third-order valence-electron chi connectivity index (χ3n) is 2.75. The molecule has 4 heteroatoms. The van der Waals surface area contributed by atoms with Crippen LogP contribution in [0.4, 0.5) is 5.69 Å². The zero-order chi connectivity index (χ0) is 13.1. The third kappa shape index (κ3) is 2.96. The summed E-state index contributed by atoms with van der Waals surface area (Å²) in [6, 6.07) is 12.5. The van der Waals surface area contributed by atoms with E-state index < -0.39 is 6.10 Å². The van der Waals surface area contributed by atoms with Gasteiger partial charge >= 0.3 is 0 Å². The third-order valence-corrected chi connectivity index (χ3v) is 3.46. The Kier molecular flexibility index (Phi) is 4.12. The van der Waals surface area contributed by atoms with Gasteiger partial charge in [0.05, 0.1) is 6.10 Å². The molecule has 0 aliphatic carbocycles. The number of benzene rings is 2. The van der Waals surface area contributed by atoms with E-state index in [4.69, 9.17) is 28.9 Å². The molecule has 0 aliphatic rings. The Labute approximate surface area is 116 Å². The van der Waals surface area contributed by atoms with Crippen LogP contribution in [0.2, 0.25) is 10.0 Å². The van der Waals surface area contributed by atoms with Gasteiger partial charge in [0.2, 0.25) is 0 Å². The first-order valence-electron chi connectivity index (χ1n) is 5.54. The van der Waals surface area contributed by atoms with Gasteiger partial charge < -0.3 is 10.8 Å². The summed E-state index contributed by atoms with van der Waals surface area (Å²) in [5.41, 5.74) is 7.81. The van der Waals surface area contributed by atoms with E-state index in [0.717, 1.165) is 11.1 Å². The van der Waals surface area contributed by atoms with Crippen LogP contribution in [0, 0.1) is 0 Å². The van der Waals surface area contributed by atoms with E-state index in [1.807, 2.05) is 12.1 Å². The Bertz CT molecular complexity index is 537. The molecule has 2 nitrogen and oxygen atoms in total. The van der Waals surface area contributed by atoms with Gasteiger partial charge in [0.15, 0.2) is 0 Å². The summed E-state index contributed by atoms with van der Waals surface area (Å²) in [6.45, 7) is 0. The van der Waals surface area contributed by atoms with Crippen LogP contribution >= 0.6 is 23.2 Å². The molecule has 0 radical (unpaired) electrons. The maximum absolute atomic E-state index is 10.2. The van der Waals surface area contributed by atoms with Crippen LogP contribution in [-0.2, 0) is 6.42 Å². The molecule has 2 aromatic carbocycles. The van der Waals surface area contributed by atoms with Gasteiger partial charge in [0.1, 0.15) is 0 Å². The fourth-order valence-corrected chi connectivity index (χ4v) is 2.36. The van der Waals surface area contributed by atoms with Crippen molar-refractivity contribution in [3.05, 3.63) is 63.6 Å². The number of aliphatic hydroxyl groups excluding tert-OH is 1. The number of nitrogens with two attached hydrogens (primary N) is 1. The van der Waals surface area contributed by atoms with Crippen LogP contribution < -0.4 is 5.73 Å². The second kappa shape index (κ2) is 5.61. The van der Waals surface area contributed by atoms with Crippen molar-refractivity contribution in [2.75, 3.05) is 5.73 Å². The standard InChI is InChI=1S/C14H13Cl2NO/c15-12-5-2-6-13(16)11(12)8-14(18)9-3-1-4-10(17)7-9/h1-7,14,18H,8,17H2. The molecule has 18 heavy (non-hydrogen) atoms. The van der Waals surface area contributed by atoms with Crippen LogP contribution in [0.3, 0.4) is 0 Å². The predicted octanol–water partition coefficient (Wildman–Crippen LogP) is 3.85. The molecule has 0 saturated carbocycles. The van der Waals surface area contributed by atoms with Crippen molar-refractivity contribution in [1.82, 2.24) is 0 Å². The maximum Gasteiger partial charge on any atom is 0.0832 e. The average molecular weight is 282 g/mol. The number of rotatable bonds is 3. The molecule has 0 amide bonds. The fourth-order valence-electron chi connectivity index (χ4n) is 1.80. The molecule has 1 unspecified atom stereocenters. The van der Waals surface area contributed by atoms with E-state index in [1.165, 1.54) is 0 Å². The highest BCUT2D eigenvalue weighted by atomic mass is 35.5. The van der Waals surface area contributed by atoms with Crippen molar-refractivity contribution in [2.24, 2.45) is 0 Å². The number of nitrogen functional groups attached to an aromatic ring is 1. The molecule has 1 atom stereocenters. The van der Waals surface area contributed by atoms with Gasteiger partial charge in [-0.2, -0.15) is 0 Å². The van der Waals surface area contributed by atoms with Gasteiger partial charge in [-0.05, 0) is 35.4 Å². The summed E-state index contributed by atoms with van der Waals surface area (Å²) < 4.78 is 0. The van der Waals surface area contributed by atoms with Gasteiger partial charge in [-0.1, -0.05) is 41.4 Å². The highest BCUT2D eigenvalue weighted by Crippen LogP contribution is 2.29. The van der Waals surface area contributed by atoms with Gasteiger partial charge in [-0.25, -0.2) is 0 Å². The molecule has 0 heterocycles. The normalized spacial score (nSPS) is 12.4. The number of hydrogen-bond acceptors (Lipinski definition) is 2. The van der Waals surface area contributed by atoms with E-state index in [9.17, 15) is 5.11 Å². The van der Waals surface area contributed by atoms with Gasteiger partial charge in [-0.3, -0.25) is 0 Å². The predicted molar refractivity (Wildman–Crippen MR) is 76.0 cm³/mol. The lowest BCUT2D eigenvalue weighted by molar-refractivity contribution is 0.178. The summed E-state index contributed by atoms with van der Waals surface area (Å²) in [7, 11) is 0. The van der Waals surface area contributed by atoms with Crippen LogP contribution in [0.1, 0.15) is 17.2 Å². The van der Waals surface area contributed by atoms with Crippen LogP contribution in [0.5, 0.6) is 0 Å². The first kappa shape index (κ1) is 13.2. The van der Waals surface area contributed by atoms with Crippen molar-refractivity contribution in [1.29, 1.82) is 0 Å². The molecule has 94 valence electrons. The Balaban J connectivity index is 2.24. The van der Waals surface area contributed by atoms with Crippen molar-refractivity contribution in [3.63, 3.8) is 0 Å². The summed E-state index contributed by atoms with van der Waals surface area (Å²) in [6.07, 6.45) is -0.312. The molecule has 0 aliphatic heterocycles. The molecule has 0 bridgehead atoms. The van der Waals surface area contributed by atoms with Gasteiger partial charge in [0.25, 0.3) is 0 Å². The zero-order valence-corrected chi connectivity index (χ0v) is 11.1. The number of anilines is 1. The SMILES string of the molecule is Nc1cccc(C(O)Cc2c(Cl)cccc2Cl)c1. The van der Waals surface area contributed by atoms with Crippen molar-refractivity contribution in [2.45, 2.75) is 12.5 Å². The first-order valence-corrected chi connectivity index (χ1v) is 6.30. The summed E-state index contributed by atoms with van der Waals surface area (Å²) in [4.78, 5) is 0. The van der Waals surface area contributed by atoms with Crippen LogP contribution in [0.25, 0.3) is 0 Å². The Morgan fingerprint density at radius 1 is 1.06 bits per heavy atom. The van der Waals surface area contributed by atoms with E-state index >= 15 is 0 Å². The Morgan fingerprint density at radius 3 is 2.28 bits per heavy atom. The molecule has 2 rings (SSSR count). The minimum absolute atomic E-state index is 0.363. The van der Waals surface area contributed by atoms with Crippen molar-refractivity contribution in [3.8, 4) is 0 Å². The lowest BCUT2D eigenvalue weighted by Crippen LogP contribution is -2.03. The molecular formula is C14H13Cl2NO. The highest BCUT2D eigenvalue weighted by molar-refractivity contribution is 6.36. The topological polar surface area (TPSA) is 46.2 Å². The van der Waals surface area contributed by atoms with E-state index in [0.29, 0.717) is 22.2 Å². The monoisotopic (exact) mass is 281 g/mol. The van der Waals surface area contributed by atoms with Crippen molar-refractivity contribution < 1.29 is 5.11 Å². The molecule has 2 aromatic rings. The lowest BCUT2D eigenvalue weighted by Gasteiger charge is -2.14. The highest BCUT2D eigenvalue weighted by Gasteiger charge is 2.13. The second-order valence-corrected chi connectivity index (χ2v) is 4.90. The molecule has 0 fully saturated rings. The van der Waals surface area contributed by atoms with Gasteiger partial charge in [0, 0.05) is 22.2 Å². The molecule has 0 aromatic heterocycles. The molecule has 0 spiro atoms. The second-order valence-electron chi connectivity index (χ2n) is 4.09. The summed E-state index contributed by atoms with van der Waals surface area (Å²) >= 11 is 12.1. The van der Waals surface area contributed by atoms with E-state index in [1.54, 1.807) is 30.3 Å². The van der Waals surface area contributed by atoms with Crippen molar-refractivity contribution >= 4 is 28.9 Å². The largest absolute Gasteiger partial charge is 0.399 e.